The second kappa shape index (κ2) is 9.08. The molecule has 0 bridgehead atoms. The maximum Gasteiger partial charge on any atom is 0.0953 e. The summed E-state index contributed by atoms with van der Waals surface area (Å²) in [6, 6.07) is 6.88. The standard InChI is InChI=1S/C22H29N3OS2/c1-4-7-17-14-19-21(25-12-11-24(2)16(15-25)9-13-26-3)20-18(22(19)28-27-17)8-5-6-10-23-20/h5-6,8,10,14,16H,4,7,9,11-13,15H2,1-3H3/t16-/m0/s1. The van der Waals surface area contributed by atoms with Crippen molar-refractivity contribution in [1.29, 1.82) is 0 Å². The van der Waals surface area contributed by atoms with Gasteiger partial charge in [-0.05, 0) is 36.9 Å². The smallest absolute Gasteiger partial charge is 0.0953 e. The highest BCUT2D eigenvalue weighted by molar-refractivity contribution is 8.78. The zero-order valence-electron chi connectivity index (χ0n) is 17.0. The fourth-order valence-electron chi connectivity index (χ4n) is 4.12. The highest BCUT2D eigenvalue weighted by Gasteiger charge is 2.33. The molecule has 1 atom stereocenters. The lowest BCUT2D eigenvalue weighted by molar-refractivity contribution is 0.138. The zero-order chi connectivity index (χ0) is 19.5. The largest absolute Gasteiger partial charge is 0.385 e. The van der Waals surface area contributed by atoms with Crippen LogP contribution in [0.25, 0.3) is 17.3 Å². The van der Waals surface area contributed by atoms with Crippen LogP contribution in [-0.2, 0) is 4.74 Å². The first kappa shape index (κ1) is 20.1. The van der Waals surface area contributed by atoms with Crippen molar-refractivity contribution in [1.82, 2.24) is 9.88 Å². The number of nitrogens with zero attached hydrogens (tertiary/aromatic N) is 3. The summed E-state index contributed by atoms with van der Waals surface area (Å²) in [6.45, 7) is 6.21. The summed E-state index contributed by atoms with van der Waals surface area (Å²) in [5.74, 6) is 0. The number of allylic oxidation sites excluding steroid dienone is 1. The molecular formula is C22H29N3OS2. The van der Waals surface area contributed by atoms with Gasteiger partial charge in [0, 0.05) is 61.6 Å². The molecule has 1 saturated heterocycles. The number of hydrogen-bond acceptors (Lipinski definition) is 6. The van der Waals surface area contributed by atoms with Gasteiger partial charge in [-0.15, -0.1) is 0 Å². The van der Waals surface area contributed by atoms with E-state index in [0.717, 1.165) is 44.8 Å². The van der Waals surface area contributed by atoms with Crippen LogP contribution in [0.1, 0.15) is 31.7 Å². The van der Waals surface area contributed by atoms with Crippen LogP contribution < -0.4 is 4.90 Å². The predicted molar refractivity (Wildman–Crippen MR) is 122 cm³/mol. The van der Waals surface area contributed by atoms with Crippen molar-refractivity contribution in [3.05, 3.63) is 34.9 Å². The van der Waals surface area contributed by atoms with Gasteiger partial charge in [-0.2, -0.15) is 0 Å². The molecule has 3 aliphatic heterocycles. The van der Waals surface area contributed by atoms with Gasteiger partial charge in [0.05, 0.1) is 11.4 Å². The second-order valence-electron chi connectivity index (χ2n) is 7.57. The van der Waals surface area contributed by atoms with E-state index in [4.69, 9.17) is 9.72 Å². The maximum absolute atomic E-state index is 5.36. The zero-order valence-corrected chi connectivity index (χ0v) is 18.6. The van der Waals surface area contributed by atoms with Crippen molar-refractivity contribution in [3.8, 4) is 11.3 Å². The third kappa shape index (κ3) is 3.92. The maximum atomic E-state index is 5.36. The van der Waals surface area contributed by atoms with Gasteiger partial charge in [0.15, 0.2) is 0 Å². The first-order valence-corrected chi connectivity index (χ1v) is 12.3. The number of likely N-dealkylation sites (N-methyl/N-ethyl adjacent to an activating group) is 1. The molecule has 0 aromatic heterocycles. The number of ether oxygens (including phenoxy) is 1. The Morgan fingerprint density at radius 2 is 2.14 bits per heavy atom. The molecule has 3 heterocycles. The highest BCUT2D eigenvalue weighted by atomic mass is 33.1. The monoisotopic (exact) mass is 415 g/mol. The minimum atomic E-state index is 0.511. The fourth-order valence-corrected chi connectivity index (χ4v) is 6.77. The molecule has 0 aromatic rings. The summed E-state index contributed by atoms with van der Waals surface area (Å²) in [5.41, 5.74) is 5.15. The van der Waals surface area contributed by atoms with Crippen LogP contribution in [-0.4, -0.2) is 56.3 Å². The lowest BCUT2D eigenvalue weighted by Gasteiger charge is -2.41. The Balaban J connectivity index is 1.76. The second-order valence-corrected chi connectivity index (χ2v) is 9.84. The van der Waals surface area contributed by atoms with Crippen LogP contribution in [0.15, 0.2) is 34.2 Å². The van der Waals surface area contributed by atoms with Crippen molar-refractivity contribution in [2.45, 2.75) is 37.1 Å². The van der Waals surface area contributed by atoms with Gasteiger partial charge in [0.25, 0.3) is 0 Å². The number of methoxy groups -OCH3 is 1. The summed E-state index contributed by atoms with van der Waals surface area (Å²) >= 11 is 0. The number of piperazine rings is 1. The molecule has 0 aromatic carbocycles. The average molecular weight is 416 g/mol. The van der Waals surface area contributed by atoms with Gasteiger partial charge >= 0.3 is 0 Å². The van der Waals surface area contributed by atoms with Crippen LogP contribution in [0.5, 0.6) is 0 Å². The van der Waals surface area contributed by atoms with Gasteiger partial charge in [0.1, 0.15) is 0 Å². The number of anilines is 1. The SMILES string of the molecule is CCCC1=Cc2c(c3ccccnc-3c2N2CCN(C)[C@@H](CCOC)C2)SS1. The Morgan fingerprint density at radius 3 is 2.96 bits per heavy atom. The van der Waals surface area contributed by atoms with E-state index in [2.05, 4.69) is 42.0 Å². The molecule has 0 spiro atoms. The summed E-state index contributed by atoms with van der Waals surface area (Å²) in [5, 5.41) is 0. The van der Waals surface area contributed by atoms with E-state index in [0.29, 0.717) is 6.04 Å². The van der Waals surface area contributed by atoms with Crippen LogP contribution in [0, 0.1) is 0 Å². The summed E-state index contributed by atoms with van der Waals surface area (Å²) < 4.78 is 5.36. The number of fused-ring (bicyclic) bond motifs is 3. The Hall–Kier alpha value is -1.21. The van der Waals surface area contributed by atoms with Crippen molar-refractivity contribution >= 4 is 33.4 Å². The molecule has 4 nitrogen and oxygen atoms in total. The Labute approximate surface area is 176 Å². The molecule has 0 amide bonds. The highest BCUT2D eigenvalue weighted by Crippen LogP contribution is 2.56. The number of hydrogen-bond donors (Lipinski definition) is 0. The van der Waals surface area contributed by atoms with Crippen molar-refractivity contribution in [2.75, 3.05) is 45.3 Å². The summed E-state index contributed by atoms with van der Waals surface area (Å²) in [4.78, 5) is 12.8. The van der Waals surface area contributed by atoms with Gasteiger partial charge in [-0.25, -0.2) is 0 Å². The Kier molecular flexibility index (Phi) is 6.51. The summed E-state index contributed by atoms with van der Waals surface area (Å²) in [7, 11) is 7.86. The number of aromatic nitrogens is 1. The molecule has 6 heteroatoms. The van der Waals surface area contributed by atoms with Crippen LogP contribution in [0.3, 0.4) is 0 Å². The molecule has 4 aliphatic rings. The quantitative estimate of drug-likeness (QED) is 0.599. The Bertz CT molecular complexity index is 826. The van der Waals surface area contributed by atoms with Crippen molar-refractivity contribution in [2.24, 2.45) is 0 Å². The molecule has 150 valence electrons. The molecule has 0 saturated carbocycles. The lowest BCUT2D eigenvalue weighted by atomic mass is 10.1. The molecular weight excluding hydrogens is 386 g/mol. The first-order chi connectivity index (χ1) is 13.7. The van der Waals surface area contributed by atoms with Crippen LogP contribution in [0.4, 0.5) is 5.69 Å². The van der Waals surface area contributed by atoms with Crippen LogP contribution in [0.2, 0.25) is 0 Å². The van der Waals surface area contributed by atoms with Crippen molar-refractivity contribution in [3.63, 3.8) is 0 Å². The van der Waals surface area contributed by atoms with E-state index >= 15 is 0 Å². The van der Waals surface area contributed by atoms with E-state index in [-0.39, 0.29) is 0 Å². The minimum Gasteiger partial charge on any atom is -0.385 e. The topological polar surface area (TPSA) is 28.6 Å². The van der Waals surface area contributed by atoms with E-state index in [1.165, 1.54) is 33.0 Å². The van der Waals surface area contributed by atoms with Crippen molar-refractivity contribution < 1.29 is 4.74 Å². The average Bonchev–Trinajstić information content (AvgIpc) is 2.84. The molecule has 1 fully saturated rings. The number of rotatable bonds is 6. The van der Waals surface area contributed by atoms with Gasteiger partial charge in [0.2, 0.25) is 0 Å². The lowest BCUT2D eigenvalue weighted by Crippen LogP contribution is -2.52. The summed E-state index contributed by atoms with van der Waals surface area (Å²) in [6.07, 6.45) is 7.76. The molecule has 0 N–H and O–H groups in total. The predicted octanol–water partition coefficient (Wildman–Crippen LogP) is 5.24. The molecule has 4 rings (SSSR count). The van der Waals surface area contributed by atoms with Gasteiger partial charge in [-0.1, -0.05) is 47.1 Å². The van der Waals surface area contributed by atoms with E-state index in [9.17, 15) is 0 Å². The van der Waals surface area contributed by atoms with Gasteiger partial charge < -0.3 is 9.64 Å². The van der Waals surface area contributed by atoms with Gasteiger partial charge in [-0.3, -0.25) is 9.88 Å². The third-order valence-electron chi connectivity index (χ3n) is 5.67. The first-order valence-electron chi connectivity index (χ1n) is 10.1. The Morgan fingerprint density at radius 1 is 1.25 bits per heavy atom. The molecule has 0 radical (unpaired) electrons. The van der Waals surface area contributed by atoms with E-state index < -0.39 is 0 Å². The fraction of sp³-hybridized carbons (Fsp3) is 0.500. The van der Waals surface area contributed by atoms with E-state index in [1.807, 2.05) is 33.9 Å². The molecule has 0 unspecified atom stereocenters. The van der Waals surface area contributed by atoms with E-state index in [1.54, 1.807) is 7.11 Å². The third-order valence-corrected chi connectivity index (χ3v) is 8.29. The van der Waals surface area contributed by atoms with Crippen LogP contribution >= 0.6 is 21.6 Å². The minimum absolute atomic E-state index is 0.511. The molecule has 28 heavy (non-hydrogen) atoms. The normalized spacial score (nSPS) is 20.3. The molecule has 1 aliphatic carbocycles.